The Balaban J connectivity index is 2.09. The molecule has 1 aliphatic rings. The maximum absolute atomic E-state index is 6.13. The van der Waals surface area contributed by atoms with Gasteiger partial charge in [-0.15, -0.1) is 0 Å². The lowest BCUT2D eigenvalue weighted by molar-refractivity contribution is 0.198. The van der Waals surface area contributed by atoms with Gasteiger partial charge in [-0.2, -0.15) is 4.98 Å². The molecule has 112 valence electrons. The Labute approximate surface area is 121 Å². The van der Waals surface area contributed by atoms with Crippen molar-refractivity contribution in [2.75, 3.05) is 30.3 Å². The van der Waals surface area contributed by atoms with E-state index >= 15 is 0 Å². The molecule has 0 spiro atoms. The highest BCUT2D eigenvalue weighted by atomic mass is 16.5. The van der Waals surface area contributed by atoms with Gasteiger partial charge in [-0.3, -0.25) is 0 Å². The molecule has 2 heterocycles. The molecule has 0 unspecified atom stereocenters. The molecule has 1 fully saturated rings. The minimum absolute atomic E-state index is 0.375. The predicted octanol–water partition coefficient (Wildman–Crippen LogP) is 2.72. The third-order valence-corrected chi connectivity index (χ3v) is 4.13. The van der Waals surface area contributed by atoms with E-state index in [9.17, 15) is 0 Å². The Bertz CT molecular complexity index is 448. The first-order valence-corrected chi connectivity index (χ1v) is 7.41. The molecule has 1 aromatic rings. The summed E-state index contributed by atoms with van der Waals surface area (Å²) in [5.41, 5.74) is 7.06. The van der Waals surface area contributed by atoms with Crippen molar-refractivity contribution in [2.24, 2.45) is 11.3 Å². The first kappa shape index (κ1) is 14.9. The van der Waals surface area contributed by atoms with Crippen LogP contribution in [0.2, 0.25) is 0 Å². The van der Waals surface area contributed by atoms with Crippen molar-refractivity contribution >= 4 is 11.5 Å². The number of nitrogen functional groups attached to an aromatic ring is 1. The first-order chi connectivity index (χ1) is 9.43. The van der Waals surface area contributed by atoms with Crippen molar-refractivity contribution < 1.29 is 4.74 Å². The molecule has 0 aliphatic carbocycles. The van der Waals surface area contributed by atoms with Crippen LogP contribution in [-0.4, -0.2) is 29.7 Å². The zero-order valence-electron chi connectivity index (χ0n) is 13.0. The molecule has 0 amide bonds. The van der Waals surface area contributed by atoms with Crippen LogP contribution in [0.3, 0.4) is 0 Å². The third-order valence-electron chi connectivity index (χ3n) is 4.13. The van der Waals surface area contributed by atoms with Crippen LogP contribution < -0.4 is 15.4 Å². The summed E-state index contributed by atoms with van der Waals surface area (Å²) in [4.78, 5) is 10.7. The van der Waals surface area contributed by atoms with Gasteiger partial charge in [-0.05, 0) is 31.1 Å². The van der Waals surface area contributed by atoms with Crippen LogP contribution in [-0.2, 0) is 0 Å². The lowest BCUT2D eigenvalue weighted by atomic mass is 9.75. The summed E-state index contributed by atoms with van der Waals surface area (Å²) in [5, 5.41) is 0. The van der Waals surface area contributed by atoms with Gasteiger partial charge in [0.15, 0.2) is 5.82 Å². The quantitative estimate of drug-likeness (QED) is 0.921. The normalized spacial score (nSPS) is 17.3. The van der Waals surface area contributed by atoms with E-state index in [1.54, 1.807) is 0 Å². The summed E-state index contributed by atoms with van der Waals surface area (Å²) in [5.74, 6) is 2.07. The molecule has 1 aliphatic heterocycles. The Morgan fingerprint density at radius 1 is 1.30 bits per heavy atom. The van der Waals surface area contributed by atoms with Crippen molar-refractivity contribution in [3.05, 3.63) is 6.33 Å². The minimum atomic E-state index is 0.375. The first-order valence-electron chi connectivity index (χ1n) is 7.41. The van der Waals surface area contributed by atoms with Crippen LogP contribution in [0.4, 0.5) is 11.5 Å². The number of ether oxygens (including phenoxy) is 1. The zero-order chi connectivity index (χ0) is 14.8. The summed E-state index contributed by atoms with van der Waals surface area (Å²) in [6.45, 7) is 11.4. The minimum Gasteiger partial charge on any atom is -0.476 e. The Hall–Kier alpha value is -1.52. The fourth-order valence-electron chi connectivity index (χ4n) is 2.83. The Morgan fingerprint density at radius 2 is 1.95 bits per heavy atom. The molecule has 20 heavy (non-hydrogen) atoms. The molecule has 5 nitrogen and oxygen atoms in total. The van der Waals surface area contributed by atoms with Crippen LogP contribution >= 0.6 is 0 Å². The number of rotatable bonds is 3. The fourth-order valence-corrected chi connectivity index (χ4v) is 2.83. The summed E-state index contributed by atoms with van der Waals surface area (Å²) in [6.07, 6.45) is 3.89. The van der Waals surface area contributed by atoms with Crippen LogP contribution in [0, 0.1) is 11.3 Å². The zero-order valence-corrected chi connectivity index (χ0v) is 13.0. The molecule has 5 heteroatoms. The van der Waals surface area contributed by atoms with E-state index in [4.69, 9.17) is 10.5 Å². The largest absolute Gasteiger partial charge is 0.476 e. The average Bonchev–Trinajstić information content (AvgIpc) is 2.41. The predicted molar refractivity (Wildman–Crippen MR) is 82.0 cm³/mol. The smallest absolute Gasteiger partial charge is 0.242 e. The highest BCUT2D eigenvalue weighted by Crippen LogP contribution is 2.37. The third kappa shape index (κ3) is 3.14. The average molecular weight is 278 g/mol. The van der Waals surface area contributed by atoms with Crippen LogP contribution in [0.25, 0.3) is 0 Å². The monoisotopic (exact) mass is 278 g/mol. The summed E-state index contributed by atoms with van der Waals surface area (Å²) < 4.78 is 5.44. The van der Waals surface area contributed by atoms with Gasteiger partial charge >= 0.3 is 0 Å². The van der Waals surface area contributed by atoms with Gasteiger partial charge in [0.1, 0.15) is 12.0 Å². The molecule has 0 saturated carbocycles. The van der Waals surface area contributed by atoms with E-state index in [2.05, 4.69) is 35.6 Å². The van der Waals surface area contributed by atoms with E-state index in [0.29, 0.717) is 23.6 Å². The number of piperidine rings is 1. The molecular weight excluding hydrogens is 252 g/mol. The summed E-state index contributed by atoms with van der Waals surface area (Å²) in [6, 6.07) is 0. The molecule has 0 radical (unpaired) electrons. The number of hydrogen-bond donors (Lipinski definition) is 1. The van der Waals surface area contributed by atoms with Crippen molar-refractivity contribution in [3.63, 3.8) is 0 Å². The second-order valence-corrected chi connectivity index (χ2v) is 6.48. The fraction of sp³-hybridized carbons (Fsp3) is 0.733. The molecular formula is C15H26N4O. The highest BCUT2D eigenvalue weighted by Gasteiger charge is 2.30. The molecule has 1 aromatic heterocycles. The lowest BCUT2D eigenvalue weighted by Gasteiger charge is -2.39. The summed E-state index contributed by atoms with van der Waals surface area (Å²) >= 11 is 0. The molecule has 0 bridgehead atoms. The maximum Gasteiger partial charge on any atom is 0.242 e. The van der Waals surface area contributed by atoms with Gasteiger partial charge in [0.25, 0.3) is 0 Å². The SMILES string of the molecule is CCOc1ncnc(N2CCC(C(C)(C)C)CC2)c1N. The van der Waals surface area contributed by atoms with Crippen molar-refractivity contribution in [1.29, 1.82) is 0 Å². The molecule has 0 aromatic carbocycles. The number of anilines is 2. The van der Waals surface area contributed by atoms with Crippen molar-refractivity contribution in [1.82, 2.24) is 9.97 Å². The molecule has 0 atom stereocenters. The van der Waals surface area contributed by atoms with Crippen molar-refractivity contribution in [3.8, 4) is 5.88 Å². The standard InChI is InChI=1S/C15H26N4O/c1-5-20-14-12(16)13(17-10-18-14)19-8-6-11(7-9-19)15(2,3)4/h10-11H,5-9,16H2,1-4H3. The van der Waals surface area contributed by atoms with Crippen LogP contribution in [0.1, 0.15) is 40.5 Å². The van der Waals surface area contributed by atoms with Gasteiger partial charge in [0.2, 0.25) is 5.88 Å². The lowest BCUT2D eigenvalue weighted by Crippen LogP contribution is -2.38. The van der Waals surface area contributed by atoms with E-state index in [1.807, 2.05) is 6.92 Å². The van der Waals surface area contributed by atoms with Gasteiger partial charge < -0.3 is 15.4 Å². The highest BCUT2D eigenvalue weighted by molar-refractivity contribution is 5.67. The van der Waals surface area contributed by atoms with Gasteiger partial charge in [-0.25, -0.2) is 4.98 Å². The second-order valence-electron chi connectivity index (χ2n) is 6.48. The van der Waals surface area contributed by atoms with Crippen LogP contribution in [0.5, 0.6) is 5.88 Å². The van der Waals surface area contributed by atoms with E-state index in [0.717, 1.165) is 24.8 Å². The topological polar surface area (TPSA) is 64.3 Å². The van der Waals surface area contributed by atoms with Gasteiger partial charge in [0.05, 0.1) is 6.61 Å². The number of aromatic nitrogens is 2. The van der Waals surface area contributed by atoms with Crippen molar-refractivity contribution in [2.45, 2.75) is 40.5 Å². The number of nitrogens with zero attached hydrogens (tertiary/aromatic N) is 3. The van der Waals surface area contributed by atoms with Gasteiger partial charge in [0, 0.05) is 13.1 Å². The van der Waals surface area contributed by atoms with E-state index in [-0.39, 0.29) is 0 Å². The second kappa shape index (κ2) is 5.85. The Morgan fingerprint density at radius 3 is 2.50 bits per heavy atom. The van der Waals surface area contributed by atoms with E-state index < -0.39 is 0 Å². The number of hydrogen-bond acceptors (Lipinski definition) is 5. The van der Waals surface area contributed by atoms with Crippen LogP contribution in [0.15, 0.2) is 6.33 Å². The Kier molecular flexibility index (Phi) is 4.35. The van der Waals surface area contributed by atoms with Gasteiger partial charge in [-0.1, -0.05) is 20.8 Å². The maximum atomic E-state index is 6.13. The molecule has 2 rings (SSSR count). The van der Waals surface area contributed by atoms with E-state index in [1.165, 1.54) is 19.2 Å². The molecule has 2 N–H and O–H groups in total. The number of nitrogens with two attached hydrogens (primary N) is 1. The molecule has 1 saturated heterocycles. The summed E-state index contributed by atoms with van der Waals surface area (Å²) in [7, 11) is 0.